The number of aromatic nitrogens is 4. The maximum Gasteiger partial charge on any atom is 0.225 e. The van der Waals surface area contributed by atoms with E-state index < -0.39 is 0 Å². The zero-order chi connectivity index (χ0) is 22.4. The highest BCUT2D eigenvalue weighted by Gasteiger charge is 2.31. The topological polar surface area (TPSA) is 102 Å². The van der Waals surface area contributed by atoms with E-state index in [1.807, 2.05) is 38.5 Å². The smallest absolute Gasteiger partial charge is 0.225 e. The Labute approximate surface area is 186 Å². The quantitative estimate of drug-likeness (QED) is 0.510. The van der Waals surface area contributed by atoms with Crippen LogP contribution in [0.4, 0.5) is 5.82 Å². The first-order valence-electron chi connectivity index (χ1n) is 11.0. The number of nitrogen functional groups attached to an aromatic ring is 1. The molecule has 0 spiro atoms. The molecule has 8 heteroatoms. The van der Waals surface area contributed by atoms with Crippen molar-refractivity contribution in [2.45, 2.75) is 31.6 Å². The summed E-state index contributed by atoms with van der Waals surface area (Å²) in [6.07, 6.45) is 7.23. The number of para-hydroxylation sites is 1. The lowest BCUT2D eigenvalue weighted by molar-refractivity contribution is -0.134. The second-order valence-corrected chi connectivity index (χ2v) is 8.74. The van der Waals surface area contributed by atoms with Crippen molar-refractivity contribution >= 4 is 28.1 Å². The highest BCUT2D eigenvalue weighted by molar-refractivity contribution is 5.93. The molecule has 8 nitrogen and oxygen atoms in total. The van der Waals surface area contributed by atoms with Crippen molar-refractivity contribution in [3.63, 3.8) is 0 Å². The number of hydrogen-bond acceptors (Lipinski definition) is 5. The predicted molar refractivity (Wildman–Crippen MR) is 125 cm³/mol. The molecule has 3 N–H and O–H groups in total. The Hall–Kier alpha value is -3.55. The minimum atomic E-state index is 0.0971. The molecule has 1 amide bonds. The zero-order valence-electron chi connectivity index (χ0n) is 18.6. The molecule has 5 rings (SSSR count). The summed E-state index contributed by atoms with van der Waals surface area (Å²) in [6.45, 7) is 0. The number of hydrogen-bond donors (Lipinski definition) is 2. The summed E-state index contributed by atoms with van der Waals surface area (Å²) in [5.74, 6) is 2.79. The van der Waals surface area contributed by atoms with Crippen LogP contribution in [0.15, 0.2) is 36.7 Å². The second kappa shape index (κ2) is 7.85. The molecule has 0 bridgehead atoms. The number of carbonyl (C=O) groups excluding carboxylic acids is 1. The van der Waals surface area contributed by atoms with Crippen molar-refractivity contribution in [3.8, 4) is 17.1 Å². The molecule has 1 aliphatic carbocycles. The van der Waals surface area contributed by atoms with E-state index in [-0.39, 0.29) is 17.7 Å². The number of carbonyl (C=O) groups is 1. The summed E-state index contributed by atoms with van der Waals surface area (Å²) in [5.41, 5.74) is 9.72. The fourth-order valence-electron chi connectivity index (χ4n) is 4.95. The van der Waals surface area contributed by atoms with Gasteiger partial charge in [-0.2, -0.15) is 0 Å². The van der Waals surface area contributed by atoms with Crippen LogP contribution in [0, 0.1) is 5.92 Å². The van der Waals surface area contributed by atoms with E-state index in [1.165, 1.54) is 0 Å². The number of nitrogens with two attached hydrogens (primary N) is 1. The van der Waals surface area contributed by atoms with Crippen LogP contribution >= 0.6 is 0 Å². The highest BCUT2D eigenvalue weighted by Crippen LogP contribution is 2.39. The maximum absolute atomic E-state index is 12.4. The van der Waals surface area contributed by atoms with Crippen molar-refractivity contribution in [2.24, 2.45) is 5.92 Å². The first-order chi connectivity index (χ1) is 15.5. The number of nitrogens with one attached hydrogen (secondary N) is 1. The van der Waals surface area contributed by atoms with E-state index in [2.05, 4.69) is 20.4 Å². The first kappa shape index (κ1) is 20.4. The number of rotatable bonds is 4. The van der Waals surface area contributed by atoms with Gasteiger partial charge < -0.3 is 20.4 Å². The number of anilines is 1. The van der Waals surface area contributed by atoms with Crippen LogP contribution in [0.1, 0.15) is 37.4 Å². The van der Waals surface area contributed by atoms with Crippen LogP contribution in [0.25, 0.3) is 27.8 Å². The minimum absolute atomic E-state index is 0.0971. The standard InChI is InChI=1S/C24H28N6O2/c1-29(2)24(31)15-9-7-14(8-10-15)23-28-20(21-22(25)26-11-12-30(21)23)17-13-16-5-4-6-18(32-3)19(16)27-17/h4-6,11-15,27H,7-10H2,1-3H3,(H2,25,26). The van der Waals surface area contributed by atoms with Gasteiger partial charge in [0.05, 0.1) is 18.3 Å². The molecule has 0 unspecified atom stereocenters. The zero-order valence-corrected chi connectivity index (χ0v) is 18.6. The second-order valence-electron chi connectivity index (χ2n) is 8.74. The number of ether oxygens (including phenoxy) is 1. The van der Waals surface area contributed by atoms with Gasteiger partial charge in [-0.25, -0.2) is 9.97 Å². The number of H-pyrrole nitrogens is 1. The molecule has 0 atom stereocenters. The molecule has 1 aromatic carbocycles. The SMILES string of the molecule is COc1cccc2cc(-c3nc(C4CCC(C(=O)N(C)C)CC4)n4ccnc(N)c34)[nH]c12. The average molecular weight is 433 g/mol. The largest absolute Gasteiger partial charge is 0.495 e. The molecule has 166 valence electrons. The Morgan fingerprint density at radius 1 is 1.25 bits per heavy atom. The summed E-state index contributed by atoms with van der Waals surface area (Å²) in [7, 11) is 5.32. The van der Waals surface area contributed by atoms with Gasteiger partial charge in [0.2, 0.25) is 5.91 Å². The maximum atomic E-state index is 12.4. The fraction of sp³-hybridized carbons (Fsp3) is 0.375. The Kier molecular flexibility index (Phi) is 5.00. The van der Waals surface area contributed by atoms with Crippen molar-refractivity contribution in [1.82, 2.24) is 24.3 Å². The summed E-state index contributed by atoms with van der Waals surface area (Å²) in [6, 6.07) is 8.02. The molecule has 4 aromatic rings. The predicted octanol–water partition coefficient (Wildman–Crippen LogP) is 3.83. The number of fused-ring (bicyclic) bond motifs is 2. The third-order valence-corrected chi connectivity index (χ3v) is 6.59. The van der Waals surface area contributed by atoms with E-state index in [0.717, 1.165) is 65.1 Å². The molecule has 3 aromatic heterocycles. The van der Waals surface area contributed by atoms with E-state index in [9.17, 15) is 4.79 Å². The molecule has 1 saturated carbocycles. The highest BCUT2D eigenvalue weighted by atomic mass is 16.5. The average Bonchev–Trinajstić information content (AvgIpc) is 3.41. The van der Waals surface area contributed by atoms with Crippen LogP contribution < -0.4 is 10.5 Å². The van der Waals surface area contributed by atoms with Gasteiger partial charge in [0.15, 0.2) is 0 Å². The molecular weight excluding hydrogens is 404 g/mol. The van der Waals surface area contributed by atoms with Gasteiger partial charge in [0.25, 0.3) is 0 Å². The third kappa shape index (κ3) is 3.26. The Morgan fingerprint density at radius 2 is 2.03 bits per heavy atom. The number of methoxy groups -OCH3 is 1. The number of nitrogens with zero attached hydrogens (tertiary/aromatic N) is 4. The number of aromatic amines is 1. The lowest BCUT2D eigenvalue weighted by Gasteiger charge is -2.28. The summed E-state index contributed by atoms with van der Waals surface area (Å²) < 4.78 is 7.58. The van der Waals surface area contributed by atoms with Crippen molar-refractivity contribution < 1.29 is 9.53 Å². The number of benzene rings is 1. The number of imidazole rings is 1. The Balaban J connectivity index is 1.56. The Bertz CT molecular complexity index is 1300. The fourth-order valence-corrected chi connectivity index (χ4v) is 4.95. The molecule has 32 heavy (non-hydrogen) atoms. The van der Waals surface area contributed by atoms with Gasteiger partial charge in [-0.15, -0.1) is 0 Å². The van der Waals surface area contributed by atoms with Gasteiger partial charge >= 0.3 is 0 Å². The van der Waals surface area contributed by atoms with Crippen LogP contribution in [0.5, 0.6) is 5.75 Å². The van der Waals surface area contributed by atoms with E-state index in [0.29, 0.717) is 5.82 Å². The molecule has 1 fully saturated rings. The van der Waals surface area contributed by atoms with Gasteiger partial charge in [0.1, 0.15) is 28.6 Å². The van der Waals surface area contributed by atoms with Crippen molar-refractivity contribution in [3.05, 3.63) is 42.5 Å². The molecule has 0 radical (unpaired) electrons. The molecular formula is C24H28N6O2. The van der Waals surface area contributed by atoms with Gasteiger partial charge in [-0.1, -0.05) is 12.1 Å². The minimum Gasteiger partial charge on any atom is -0.495 e. The van der Waals surface area contributed by atoms with Crippen LogP contribution in [0.3, 0.4) is 0 Å². The summed E-state index contributed by atoms with van der Waals surface area (Å²) in [4.78, 5) is 27.0. The summed E-state index contributed by atoms with van der Waals surface area (Å²) >= 11 is 0. The van der Waals surface area contributed by atoms with Crippen molar-refractivity contribution in [1.29, 1.82) is 0 Å². The van der Waals surface area contributed by atoms with E-state index in [1.54, 1.807) is 18.2 Å². The van der Waals surface area contributed by atoms with Crippen LogP contribution in [-0.2, 0) is 4.79 Å². The lowest BCUT2D eigenvalue weighted by atomic mass is 9.81. The first-order valence-corrected chi connectivity index (χ1v) is 11.0. The van der Waals surface area contributed by atoms with Gasteiger partial charge in [0, 0.05) is 43.7 Å². The van der Waals surface area contributed by atoms with Crippen LogP contribution in [-0.4, -0.2) is 51.4 Å². The molecule has 1 aliphatic rings. The third-order valence-electron chi connectivity index (χ3n) is 6.59. The molecule has 3 heterocycles. The van der Waals surface area contributed by atoms with Crippen molar-refractivity contribution in [2.75, 3.05) is 26.9 Å². The Morgan fingerprint density at radius 3 is 2.75 bits per heavy atom. The van der Waals surface area contributed by atoms with E-state index >= 15 is 0 Å². The van der Waals surface area contributed by atoms with E-state index in [4.69, 9.17) is 15.5 Å². The monoisotopic (exact) mass is 432 g/mol. The van der Waals surface area contributed by atoms with Gasteiger partial charge in [-0.05, 0) is 37.8 Å². The van der Waals surface area contributed by atoms with Crippen LogP contribution in [0.2, 0.25) is 0 Å². The van der Waals surface area contributed by atoms with Gasteiger partial charge in [-0.3, -0.25) is 9.20 Å². The molecule has 0 aliphatic heterocycles. The lowest BCUT2D eigenvalue weighted by Crippen LogP contribution is -2.32. The number of amides is 1. The molecule has 0 saturated heterocycles. The summed E-state index contributed by atoms with van der Waals surface area (Å²) in [5, 5.41) is 1.05. The normalized spacial score (nSPS) is 18.8.